The van der Waals surface area contributed by atoms with E-state index < -0.39 is 0 Å². The van der Waals surface area contributed by atoms with Crippen molar-refractivity contribution in [2.24, 2.45) is 0 Å². The lowest BCUT2D eigenvalue weighted by atomic mass is 9.86. The van der Waals surface area contributed by atoms with Gasteiger partial charge in [0.05, 0.1) is 5.52 Å². The van der Waals surface area contributed by atoms with Crippen LogP contribution in [0, 0.1) is 0 Å². The van der Waals surface area contributed by atoms with Crippen molar-refractivity contribution < 1.29 is 0 Å². The van der Waals surface area contributed by atoms with Crippen molar-refractivity contribution in [2.75, 3.05) is 22.9 Å². The largest absolute Gasteiger partial charge is 0.384 e. The third kappa shape index (κ3) is 3.12. The first-order valence-electron chi connectivity index (χ1n) is 9.63. The number of fused-ring (bicyclic) bond motifs is 2. The summed E-state index contributed by atoms with van der Waals surface area (Å²) in [5.74, 6) is 0.914. The van der Waals surface area contributed by atoms with Gasteiger partial charge < -0.3 is 16.4 Å². The first-order valence-corrected chi connectivity index (χ1v) is 9.63. The van der Waals surface area contributed by atoms with Crippen molar-refractivity contribution in [3.05, 3.63) is 66.5 Å². The van der Waals surface area contributed by atoms with E-state index in [9.17, 15) is 0 Å². The average molecular weight is 382 g/mol. The van der Waals surface area contributed by atoms with Crippen LogP contribution in [0.25, 0.3) is 22.0 Å². The van der Waals surface area contributed by atoms with Gasteiger partial charge in [-0.1, -0.05) is 32.0 Å². The molecule has 0 radical (unpaired) electrons. The number of hydrogen-bond acceptors (Lipinski definition) is 6. The highest BCUT2D eigenvalue weighted by molar-refractivity contribution is 5.86. The highest BCUT2D eigenvalue weighted by atomic mass is 15.1. The van der Waals surface area contributed by atoms with Gasteiger partial charge in [0, 0.05) is 46.7 Å². The molecule has 2 aromatic carbocycles. The first kappa shape index (κ1) is 17.4. The molecule has 0 saturated heterocycles. The van der Waals surface area contributed by atoms with Crippen molar-refractivity contribution in [3.63, 3.8) is 0 Å². The minimum absolute atomic E-state index is 0.131. The molecule has 0 spiro atoms. The van der Waals surface area contributed by atoms with Crippen molar-refractivity contribution in [3.8, 4) is 11.1 Å². The second-order valence-electron chi connectivity index (χ2n) is 8.02. The summed E-state index contributed by atoms with van der Waals surface area (Å²) in [6, 6.07) is 16.5. The lowest BCUT2D eigenvalue weighted by Crippen LogP contribution is -2.18. The number of nitrogens with two attached hydrogens (primary N) is 1. The maximum Gasteiger partial charge on any atom is 0.221 e. The Bertz CT molecular complexity index is 1230. The van der Waals surface area contributed by atoms with Crippen LogP contribution in [0.2, 0.25) is 0 Å². The fourth-order valence-corrected chi connectivity index (χ4v) is 3.85. The standard InChI is InChI=1S/C23H22N6/c1-23(2)13-27-20-11-14(5-7-18(20)23)17-12-26-22(24)29-21(17)28-16-6-8-19-15(10-16)4-3-9-25-19/h3-12,27H,13H2,1-2H3,(H3,24,26,28,29). The van der Waals surface area contributed by atoms with Crippen molar-refractivity contribution in [1.82, 2.24) is 15.0 Å². The summed E-state index contributed by atoms with van der Waals surface area (Å²) in [7, 11) is 0. The first-order chi connectivity index (χ1) is 14.0. The summed E-state index contributed by atoms with van der Waals surface area (Å²) >= 11 is 0. The molecule has 4 N–H and O–H groups in total. The molecule has 3 heterocycles. The monoisotopic (exact) mass is 382 g/mol. The van der Waals surface area contributed by atoms with Crippen molar-refractivity contribution in [1.29, 1.82) is 0 Å². The van der Waals surface area contributed by atoms with Crippen LogP contribution < -0.4 is 16.4 Å². The Kier molecular flexibility index (Phi) is 3.87. The summed E-state index contributed by atoms with van der Waals surface area (Å²) < 4.78 is 0. The van der Waals surface area contributed by atoms with Gasteiger partial charge in [0.15, 0.2) is 0 Å². The van der Waals surface area contributed by atoms with E-state index >= 15 is 0 Å². The molecule has 0 amide bonds. The number of anilines is 4. The lowest BCUT2D eigenvalue weighted by Gasteiger charge is -2.17. The van der Waals surface area contributed by atoms with E-state index in [2.05, 4.69) is 63.7 Å². The zero-order chi connectivity index (χ0) is 20.0. The quantitative estimate of drug-likeness (QED) is 0.475. The van der Waals surface area contributed by atoms with Gasteiger partial charge in [-0.05, 0) is 41.5 Å². The van der Waals surface area contributed by atoms with Gasteiger partial charge in [-0.2, -0.15) is 4.98 Å². The second kappa shape index (κ2) is 6.44. The van der Waals surface area contributed by atoms with Crippen molar-refractivity contribution in [2.45, 2.75) is 19.3 Å². The number of hydrogen-bond donors (Lipinski definition) is 3. The van der Waals surface area contributed by atoms with Gasteiger partial charge in [0.1, 0.15) is 5.82 Å². The van der Waals surface area contributed by atoms with Gasteiger partial charge in [-0.15, -0.1) is 0 Å². The topological polar surface area (TPSA) is 88.8 Å². The third-order valence-electron chi connectivity index (χ3n) is 5.45. The molecule has 1 aliphatic rings. The van der Waals surface area contributed by atoms with Crippen LogP contribution in [0.4, 0.5) is 23.1 Å². The summed E-state index contributed by atoms with van der Waals surface area (Å²) in [5.41, 5.74) is 12.3. The van der Waals surface area contributed by atoms with Gasteiger partial charge in [0.25, 0.3) is 0 Å². The predicted molar refractivity (Wildman–Crippen MR) is 118 cm³/mol. The van der Waals surface area contributed by atoms with E-state index in [1.54, 1.807) is 12.4 Å². The SMILES string of the molecule is CC1(C)CNc2cc(-c3cnc(N)nc3Nc3ccc4ncccc4c3)ccc21. The molecule has 29 heavy (non-hydrogen) atoms. The van der Waals surface area contributed by atoms with E-state index in [4.69, 9.17) is 5.73 Å². The number of pyridine rings is 1. The molecular formula is C23H22N6. The number of nitrogen functional groups attached to an aromatic ring is 1. The Labute approximate surface area is 169 Å². The summed E-state index contributed by atoms with van der Waals surface area (Å²) in [4.78, 5) is 13.1. The molecule has 0 aliphatic carbocycles. The highest BCUT2D eigenvalue weighted by Crippen LogP contribution is 2.39. The molecular weight excluding hydrogens is 360 g/mol. The van der Waals surface area contributed by atoms with Crippen LogP contribution in [0.15, 0.2) is 60.9 Å². The van der Waals surface area contributed by atoms with E-state index in [1.807, 2.05) is 24.3 Å². The Morgan fingerprint density at radius 3 is 2.86 bits per heavy atom. The molecule has 144 valence electrons. The van der Waals surface area contributed by atoms with E-state index in [0.717, 1.165) is 39.9 Å². The van der Waals surface area contributed by atoms with E-state index in [-0.39, 0.29) is 11.4 Å². The van der Waals surface area contributed by atoms with Gasteiger partial charge in [-0.25, -0.2) is 4.98 Å². The molecule has 5 rings (SSSR count). The predicted octanol–water partition coefficient (Wildman–Crippen LogP) is 4.72. The average Bonchev–Trinajstić information content (AvgIpc) is 3.02. The van der Waals surface area contributed by atoms with Crippen LogP contribution >= 0.6 is 0 Å². The Morgan fingerprint density at radius 1 is 1.07 bits per heavy atom. The normalized spacial score (nSPS) is 14.4. The fourth-order valence-electron chi connectivity index (χ4n) is 3.85. The van der Waals surface area contributed by atoms with Gasteiger partial charge in [0.2, 0.25) is 5.95 Å². The molecule has 0 fully saturated rings. The van der Waals surface area contributed by atoms with Crippen LogP contribution in [0.5, 0.6) is 0 Å². The third-order valence-corrected chi connectivity index (χ3v) is 5.45. The van der Waals surface area contributed by atoms with Crippen LogP contribution in [-0.4, -0.2) is 21.5 Å². The van der Waals surface area contributed by atoms with Gasteiger partial charge in [-0.3, -0.25) is 4.98 Å². The zero-order valence-corrected chi connectivity index (χ0v) is 16.4. The fraction of sp³-hybridized carbons (Fsp3) is 0.174. The molecule has 0 unspecified atom stereocenters. The number of nitrogens with one attached hydrogen (secondary N) is 2. The Hall–Kier alpha value is -3.67. The Morgan fingerprint density at radius 2 is 1.97 bits per heavy atom. The Balaban J connectivity index is 1.55. The summed E-state index contributed by atoms with van der Waals surface area (Å²) in [5, 5.41) is 7.98. The number of nitrogens with zero attached hydrogens (tertiary/aromatic N) is 3. The lowest BCUT2D eigenvalue weighted by molar-refractivity contribution is 0.586. The van der Waals surface area contributed by atoms with Crippen molar-refractivity contribution >= 4 is 34.0 Å². The zero-order valence-electron chi connectivity index (χ0n) is 16.4. The molecule has 0 bridgehead atoms. The summed E-state index contributed by atoms with van der Waals surface area (Å²) in [6.07, 6.45) is 3.57. The smallest absolute Gasteiger partial charge is 0.221 e. The maximum absolute atomic E-state index is 5.89. The van der Waals surface area contributed by atoms with E-state index in [1.165, 1.54) is 5.56 Å². The van der Waals surface area contributed by atoms with Crippen LogP contribution in [0.3, 0.4) is 0 Å². The molecule has 1 aliphatic heterocycles. The number of rotatable bonds is 3. The minimum Gasteiger partial charge on any atom is -0.384 e. The van der Waals surface area contributed by atoms with Crippen LogP contribution in [0.1, 0.15) is 19.4 Å². The molecule has 6 nitrogen and oxygen atoms in total. The molecule has 0 atom stereocenters. The summed E-state index contributed by atoms with van der Waals surface area (Å²) in [6.45, 7) is 5.43. The van der Waals surface area contributed by atoms with Crippen LogP contribution in [-0.2, 0) is 5.41 Å². The van der Waals surface area contributed by atoms with E-state index in [0.29, 0.717) is 5.82 Å². The molecule has 0 saturated carbocycles. The molecule has 2 aromatic heterocycles. The highest BCUT2D eigenvalue weighted by Gasteiger charge is 2.29. The second-order valence-corrected chi connectivity index (χ2v) is 8.02. The van der Waals surface area contributed by atoms with Gasteiger partial charge >= 0.3 is 0 Å². The number of aromatic nitrogens is 3. The minimum atomic E-state index is 0.131. The molecule has 6 heteroatoms. The maximum atomic E-state index is 5.89. The molecule has 4 aromatic rings. The number of benzene rings is 2.